The highest BCUT2D eigenvalue weighted by molar-refractivity contribution is 6.30. The van der Waals surface area contributed by atoms with E-state index in [9.17, 15) is 9.18 Å². The second kappa shape index (κ2) is 4.05. The summed E-state index contributed by atoms with van der Waals surface area (Å²) >= 11 is 4.99. The van der Waals surface area contributed by atoms with Crippen LogP contribution in [0.1, 0.15) is 15.9 Å². The second-order valence-electron chi connectivity index (χ2n) is 2.36. The third-order valence-electron chi connectivity index (χ3n) is 1.43. The molecular weight excluding hydrogens is 195 g/mol. The number of hydrogen-bond acceptors (Lipinski definition) is 1. The summed E-state index contributed by atoms with van der Waals surface area (Å²) in [5.41, 5.74) is 0.685. The van der Waals surface area contributed by atoms with Crippen LogP contribution in [0.4, 0.5) is 4.39 Å². The van der Waals surface area contributed by atoms with Crippen molar-refractivity contribution in [2.75, 3.05) is 0 Å². The van der Waals surface area contributed by atoms with Gasteiger partial charge >= 0.3 is 5.97 Å². The molecule has 13 heavy (non-hydrogen) atoms. The van der Waals surface area contributed by atoms with Crippen LogP contribution in [0, 0.1) is 0 Å². The maximum Gasteiger partial charge on any atom is 0.335 e. The van der Waals surface area contributed by atoms with Gasteiger partial charge in [0, 0.05) is 0 Å². The first-order valence-corrected chi connectivity index (χ1v) is 3.83. The van der Waals surface area contributed by atoms with E-state index < -0.39 is 11.3 Å². The largest absolute Gasteiger partial charge is 0.478 e. The predicted octanol–water partition coefficient (Wildman–Crippen LogP) is 2.89. The Hall–Kier alpha value is -1.35. The van der Waals surface area contributed by atoms with Gasteiger partial charge in [-0.05, 0) is 23.8 Å². The first-order chi connectivity index (χ1) is 6.09. The minimum atomic E-state index is -1.01. The van der Waals surface area contributed by atoms with Crippen LogP contribution in [0.2, 0.25) is 0 Å². The first-order valence-electron chi connectivity index (χ1n) is 3.45. The van der Waals surface area contributed by atoms with Crippen LogP contribution in [0.3, 0.4) is 0 Å². The summed E-state index contributed by atoms with van der Waals surface area (Å²) in [6.45, 7) is 0. The van der Waals surface area contributed by atoms with Crippen molar-refractivity contribution < 1.29 is 14.3 Å². The molecule has 1 aromatic rings. The molecule has 0 bridgehead atoms. The van der Waals surface area contributed by atoms with Crippen LogP contribution in [0.25, 0.3) is 6.08 Å². The highest BCUT2D eigenvalue weighted by Crippen LogP contribution is 2.12. The molecule has 1 N–H and O–H groups in total. The molecule has 68 valence electrons. The van der Waals surface area contributed by atoms with Gasteiger partial charge < -0.3 is 5.11 Å². The van der Waals surface area contributed by atoms with E-state index in [1.165, 1.54) is 24.3 Å². The van der Waals surface area contributed by atoms with Crippen LogP contribution < -0.4 is 0 Å². The van der Waals surface area contributed by atoms with Gasteiger partial charge in [-0.15, -0.1) is 0 Å². The number of benzene rings is 1. The quantitative estimate of drug-likeness (QED) is 0.797. The van der Waals surface area contributed by atoms with Gasteiger partial charge in [-0.1, -0.05) is 23.7 Å². The molecule has 0 aliphatic rings. The number of rotatable bonds is 2. The van der Waals surface area contributed by atoms with Crippen LogP contribution >= 0.6 is 11.6 Å². The van der Waals surface area contributed by atoms with E-state index in [0.717, 1.165) is 6.08 Å². The highest BCUT2D eigenvalue weighted by atomic mass is 35.5. The molecule has 1 rings (SSSR count). The Morgan fingerprint density at radius 1 is 1.38 bits per heavy atom. The van der Waals surface area contributed by atoms with E-state index in [4.69, 9.17) is 16.7 Å². The van der Waals surface area contributed by atoms with Crippen molar-refractivity contribution >= 4 is 23.6 Å². The smallest absolute Gasteiger partial charge is 0.335 e. The van der Waals surface area contributed by atoms with Crippen molar-refractivity contribution in [3.05, 3.63) is 40.7 Å². The number of carbonyl (C=O) groups is 1. The minimum absolute atomic E-state index is 0.159. The molecule has 0 fully saturated rings. The first kappa shape index (κ1) is 9.74. The third-order valence-corrected chi connectivity index (χ3v) is 1.54. The summed E-state index contributed by atoms with van der Waals surface area (Å²) in [7, 11) is 0. The Morgan fingerprint density at radius 2 is 1.92 bits per heavy atom. The fraction of sp³-hybridized carbons (Fsp3) is 0. The van der Waals surface area contributed by atoms with Crippen molar-refractivity contribution in [1.29, 1.82) is 0 Å². The van der Waals surface area contributed by atoms with E-state index >= 15 is 0 Å². The van der Waals surface area contributed by atoms with Gasteiger partial charge in [0.1, 0.15) is 0 Å². The topological polar surface area (TPSA) is 37.3 Å². The number of halogens is 2. The molecule has 0 saturated heterocycles. The lowest BCUT2D eigenvalue weighted by atomic mass is 10.1. The summed E-state index contributed by atoms with van der Waals surface area (Å²) in [5.74, 6) is -1.01. The Kier molecular flexibility index (Phi) is 3.03. The molecule has 1 aromatic carbocycles. The minimum Gasteiger partial charge on any atom is -0.478 e. The Balaban J connectivity index is 2.94. The van der Waals surface area contributed by atoms with Crippen LogP contribution in [-0.4, -0.2) is 11.1 Å². The maximum absolute atomic E-state index is 12.2. The van der Waals surface area contributed by atoms with Crippen molar-refractivity contribution in [1.82, 2.24) is 0 Å². The zero-order chi connectivity index (χ0) is 9.84. The van der Waals surface area contributed by atoms with E-state index in [2.05, 4.69) is 0 Å². The van der Waals surface area contributed by atoms with Gasteiger partial charge in [0.05, 0.1) is 5.56 Å². The molecule has 0 unspecified atom stereocenters. The van der Waals surface area contributed by atoms with E-state index in [0.29, 0.717) is 5.56 Å². The monoisotopic (exact) mass is 200 g/mol. The summed E-state index contributed by atoms with van der Waals surface area (Å²) in [6, 6.07) is 5.72. The number of hydrogen-bond donors (Lipinski definition) is 1. The number of carboxylic acids is 1. The van der Waals surface area contributed by atoms with Gasteiger partial charge in [-0.3, -0.25) is 0 Å². The highest BCUT2D eigenvalue weighted by Gasteiger charge is 2.00. The zero-order valence-corrected chi connectivity index (χ0v) is 7.25. The summed E-state index contributed by atoms with van der Waals surface area (Å²) < 4.78 is 12.2. The van der Waals surface area contributed by atoms with Crippen LogP contribution in [-0.2, 0) is 0 Å². The third kappa shape index (κ3) is 2.87. The molecule has 0 saturated carbocycles. The molecule has 0 aromatic heterocycles. The predicted molar refractivity (Wildman–Crippen MR) is 48.3 cm³/mol. The molecule has 0 radical (unpaired) electrons. The van der Waals surface area contributed by atoms with E-state index in [1.807, 2.05) is 0 Å². The lowest BCUT2D eigenvalue weighted by Gasteiger charge is -1.94. The van der Waals surface area contributed by atoms with Crippen LogP contribution in [0.15, 0.2) is 29.6 Å². The average Bonchev–Trinajstić information content (AvgIpc) is 2.04. The Labute approximate surface area is 79.3 Å². The molecular formula is C9H6ClFO2. The maximum atomic E-state index is 12.2. The summed E-state index contributed by atoms with van der Waals surface area (Å²) in [6.07, 6.45) is 1.10. The summed E-state index contributed by atoms with van der Waals surface area (Å²) in [4.78, 5) is 10.4. The molecule has 0 atom stereocenters. The molecule has 4 heteroatoms. The van der Waals surface area contributed by atoms with E-state index in [1.54, 1.807) is 0 Å². The number of carboxylic acid groups (broad SMARTS) is 1. The summed E-state index contributed by atoms with van der Waals surface area (Å²) in [5, 5.41) is 7.71. The Morgan fingerprint density at radius 3 is 2.31 bits per heavy atom. The standard InChI is InChI=1S/C9H6ClFO2/c10-8(11)5-6-1-3-7(4-2-6)9(12)13/h1-5H,(H,12,13)/b8-5+. The van der Waals surface area contributed by atoms with Crippen molar-refractivity contribution in [2.45, 2.75) is 0 Å². The zero-order valence-electron chi connectivity index (χ0n) is 6.50. The van der Waals surface area contributed by atoms with Gasteiger partial charge in [-0.25, -0.2) is 4.79 Å². The van der Waals surface area contributed by atoms with Crippen molar-refractivity contribution in [2.24, 2.45) is 0 Å². The Bertz CT molecular complexity index is 339. The lowest BCUT2D eigenvalue weighted by Crippen LogP contribution is -1.94. The van der Waals surface area contributed by atoms with E-state index in [-0.39, 0.29) is 5.56 Å². The molecule has 0 amide bonds. The number of aromatic carboxylic acids is 1. The molecule has 2 nitrogen and oxygen atoms in total. The fourth-order valence-corrected chi connectivity index (χ4v) is 0.974. The van der Waals surface area contributed by atoms with Gasteiger partial charge in [0.25, 0.3) is 0 Å². The van der Waals surface area contributed by atoms with Crippen molar-refractivity contribution in [3.63, 3.8) is 0 Å². The molecule has 0 heterocycles. The van der Waals surface area contributed by atoms with Crippen LogP contribution in [0.5, 0.6) is 0 Å². The molecule has 0 spiro atoms. The SMILES string of the molecule is O=C(O)c1ccc(/C=C(/F)Cl)cc1. The normalized spacial score (nSPS) is 11.4. The van der Waals surface area contributed by atoms with Gasteiger partial charge in [0.15, 0.2) is 5.29 Å². The molecule has 0 aliphatic heterocycles. The second-order valence-corrected chi connectivity index (χ2v) is 2.72. The van der Waals surface area contributed by atoms with Crippen molar-refractivity contribution in [3.8, 4) is 0 Å². The van der Waals surface area contributed by atoms with Gasteiger partial charge in [0.2, 0.25) is 0 Å². The lowest BCUT2D eigenvalue weighted by molar-refractivity contribution is 0.0697. The fourth-order valence-electron chi connectivity index (χ4n) is 0.848. The average molecular weight is 201 g/mol. The van der Waals surface area contributed by atoms with Gasteiger partial charge in [-0.2, -0.15) is 4.39 Å². The molecule has 0 aliphatic carbocycles.